The standard InChI is InChI=1S/C20H20N2O4S2/c1-3-16(18(23)21-13-7-5-6-12(10-13)19(24)25)27-20-22-15-9-8-14(26-4-2)11-17(15)28-20/h5-11,16H,3-4H2,1-2H3,(H,21,23)(H,24,25). The number of amides is 1. The molecular weight excluding hydrogens is 396 g/mol. The SMILES string of the molecule is CCOc1ccc2nc(SC(CC)C(=O)Nc3cccc(C(=O)O)c3)sc2c1. The van der Waals surface area contributed by atoms with E-state index >= 15 is 0 Å². The van der Waals surface area contributed by atoms with Crippen LogP contribution in [0.1, 0.15) is 30.6 Å². The Kier molecular flexibility index (Phi) is 6.53. The Hall–Kier alpha value is -2.58. The number of anilines is 1. The smallest absolute Gasteiger partial charge is 0.335 e. The third-order valence-corrected chi connectivity index (χ3v) is 6.41. The van der Waals surface area contributed by atoms with Crippen molar-refractivity contribution < 1.29 is 19.4 Å². The maximum atomic E-state index is 12.7. The molecule has 3 rings (SSSR count). The van der Waals surface area contributed by atoms with E-state index in [9.17, 15) is 9.59 Å². The highest BCUT2D eigenvalue weighted by Gasteiger charge is 2.20. The van der Waals surface area contributed by atoms with Crippen molar-refractivity contribution in [2.24, 2.45) is 0 Å². The molecule has 1 amide bonds. The van der Waals surface area contributed by atoms with Gasteiger partial charge in [-0.2, -0.15) is 0 Å². The Morgan fingerprint density at radius 2 is 2.07 bits per heavy atom. The molecule has 1 unspecified atom stereocenters. The lowest BCUT2D eigenvalue weighted by atomic mass is 10.2. The number of thiazole rings is 1. The first-order valence-corrected chi connectivity index (χ1v) is 10.5. The molecule has 2 N–H and O–H groups in total. The van der Waals surface area contributed by atoms with E-state index in [1.54, 1.807) is 12.1 Å². The fourth-order valence-electron chi connectivity index (χ4n) is 2.59. The van der Waals surface area contributed by atoms with Crippen LogP contribution >= 0.6 is 23.1 Å². The summed E-state index contributed by atoms with van der Waals surface area (Å²) in [4.78, 5) is 28.3. The fourth-order valence-corrected chi connectivity index (χ4v) is 4.85. The highest BCUT2D eigenvalue weighted by molar-refractivity contribution is 8.02. The van der Waals surface area contributed by atoms with Crippen molar-refractivity contribution in [2.45, 2.75) is 29.9 Å². The van der Waals surface area contributed by atoms with Crippen LogP contribution in [0, 0.1) is 0 Å². The summed E-state index contributed by atoms with van der Waals surface area (Å²) < 4.78 is 7.34. The number of nitrogens with zero attached hydrogens (tertiary/aromatic N) is 1. The van der Waals surface area contributed by atoms with Gasteiger partial charge in [-0.1, -0.05) is 24.8 Å². The summed E-state index contributed by atoms with van der Waals surface area (Å²) in [6.07, 6.45) is 0.620. The number of carboxylic acids is 1. The Labute approximate surface area is 170 Å². The van der Waals surface area contributed by atoms with Crippen LogP contribution in [-0.2, 0) is 4.79 Å². The minimum Gasteiger partial charge on any atom is -0.494 e. The molecule has 0 bridgehead atoms. The van der Waals surface area contributed by atoms with Crippen molar-refractivity contribution in [1.29, 1.82) is 0 Å². The number of thioether (sulfide) groups is 1. The van der Waals surface area contributed by atoms with E-state index in [1.165, 1.54) is 35.2 Å². The maximum absolute atomic E-state index is 12.7. The van der Waals surface area contributed by atoms with E-state index < -0.39 is 5.97 Å². The molecule has 0 fully saturated rings. The molecule has 28 heavy (non-hydrogen) atoms. The summed E-state index contributed by atoms with van der Waals surface area (Å²) in [5.41, 5.74) is 1.48. The number of ether oxygens (including phenoxy) is 1. The molecule has 0 saturated heterocycles. The number of hydrogen-bond donors (Lipinski definition) is 2. The molecule has 2 aromatic carbocycles. The summed E-state index contributed by atoms with van der Waals surface area (Å²) in [5, 5.41) is 11.6. The molecule has 0 radical (unpaired) electrons. The minimum atomic E-state index is -1.03. The number of nitrogens with one attached hydrogen (secondary N) is 1. The van der Waals surface area contributed by atoms with Gasteiger partial charge < -0.3 is 15.2 Å². The maximum Gasteiger partial charge on any atom is 0.335 e. The lowest BCUT2D eigenvalue weighted by Crippen LogP contribution is -2.24. The lowest BCUT2D eigenvalue weighted by Gasteiger charge is -2.13. The van der Waals surface area contributed by atoms with Crippen LogP contribution in [0.15, 0.2) is 46.8 Å². The number of aromatic carboxylic acids is 1. The van der Waals surface area contributed by atoms with Gasteiger partial charge >= 0.3 is 5.97 Å². The summed E-state index contributed by atoms with van der Waals surface area (Å²) in [7, 11) is 0. The van der Waals surface area contributed by atoms with Gasteiger partial charge in [0.15, 0.2) is 4.34 Å². The first-order chi connectivity index (χ1) is 13.5. The van der Waals surface area contributed by atoms with Gasteiger partial charge in [-0.25, -0.2) is 9.78 Å². The van der Waals surface area contributed by atoms with Crippen molar-refractivity contribution in [3.63, 3.8) is 0 Å². The molecule has 1 aromatic heterocycles. The van der Waals surface area contributed by atoms with Crippen LogP contribution in [0.25, 0.3) is 10.2 Å². The van der Waals surface area contributed by atoms with Gasteiger partial charge in [0.25, 0.3) is 0 Å². The molecule has 1 atom stereocenters. The summed E-state index contributed by atoms with van der Waals surface area (Å²) in [6, 6.07) is 12.0. The number of benzene rings is 2. The van der Waals surface area contributed by atoms with Crippen molar-refractivity contribution in [2.75, 3.05) is 11.9 Å². The van der Waals surface area contributed by atoms with E-state index in [0.717, 1.165) is 20.3 Å². The average molecular weight is 417 g/mol. The van der Waals surface area contributed by atoms with Gasteiger partial charge in [-0.05, 0) is 49.7 Å². The first-order valence-electron chi connectivity index (χ1n) is 8.84. The topological polar surface area (TPSA) is 88.5 Å². The Balaban J connectivity index is 1.72. The molecule has 1 heterocycles. The quantitative estimate of drug-likeness (QED) is 0.508. The number of hydrogen-bond acceptors (Lipinski definition) is 6. The molecule has 0 aliphatic rings. The van der Waals surface area contributed by atoms with Crippen LogP contribution in [0.4, 0.5) is 5.69 Å². The van der Waals surface area contributed by atoms with Gasteiger partial charge in [0.1, 0.15) is 5.75 Å². The van der Waals surface area contributed by atoms with Crippen LogP contribution in [0.5, 0.6) is 5.75 Å². The highest BCUT2D eigenvalue weighted by Crippen LogP contribution is 2.35. The monoisotopic (exact) mass is 416 g/mol. The van der Waals surface area contributed by atoms with E-state index in [4.69, 9.17) is 9.84 Å². The second-order valence-corrected chi connectivity index (χ2v) is 8.41. The van der Waals surface area contributed by atoms with Gasteiger partial charge in [-0.3, -0.25) is 4.79 Å². The number of carbonyl (C=O) groups is 2. The van der Waals surface area contributed by atoms with Gasteiger partial charge in [0.2, 0.25) is 5.91 Å². The normalized spacial score (nSPS) is 11.9. The van der Waals surface area contributed by atoms with Gasteiger partial charge in [0, 0.05) is 5.69 Å². The third kappa shape index (κ3) is 4.82. The lowest BCUT2D eigenvalue weighted by molar-refractivity contribution is -0.115. The van der Waals surface area contributed by atoms with Crippen molar-refractivity contribution in [1.82, 2.24) is 4.98 Å². The molecular formula is C20H20N2O4S2. The average Bonchev–Trinajstić information content (AvgIpc) is 3.08. The molecule has 8 heteroatoms. The number of rotatable bonds is 8. The van der Waals surface area contributed by atoms with Gasteiger partial charge in [-0.15, -0.1) is 11.3 Å². The first kappa shape index (κ1) is 20.2. The summed E-state index contributed by atoms with van der Waals surface area (Å²) >= 11 is 2.93. The van der Waals surface area contributed by atoms with E-state index in [2.05, 4.69) is 10.3 Å². The third-order valence-electron chi connectivity index (χ3n) is 3.93. The van der Waals surface area contributed by atoms with E-state index in [-0.39, 0.29) is 16.7 Å². The second-order valence-electron chi connectivity index (χ2n) is 5.93. The predicted octanol–water partition coefficient (Wildman–Crippen LogP) is 4.90. The molecule has 0 aliphatic heterocycles. The Morgan fingerprint density at radius 3 is 2.79 bits per heavy atom. The molecule has 0 saturated carbocycles. The fraction of sp³-hybridized carbons (Fsp3) is 0.250. The van der Waals surface area contributed by atoms with Crippen LogP contribution in [0.3, 0.4) is 0 Å². The van der Waals surface area contributed by atoms with Crippen LogP contribution < -0.4 is 10.1 Å². The van der Waals surface area contributed by atoms with E-state index in [0.29, 0.717) is 18.7 Å². The van der Waals surface area contributed by atoms with Crippen LogP contribution in [-0.4, -0.2) is 33.8 Å². The zero-order valence-corrected chi connectivity index (χ0v) is 17.1. The van der Waals surface area contributed by atoms with Crippen molar-refractivity contribution in [3.8, 4) is 5.75 Å². The highest BCUT2D eigenvalue weighted by atomic mass is 32.2. The predicted molar refractivity (Wildman–Crippen MR) is 113 cm³/mol. The number of carbonyl (C=O) groups excluding carboxylic acids is 1. The van der Waals surface area contributed by atoms with Crippen molar-refractivity contribution >= 4 is 50.9 Å². The van der Waals surface area contributed by atoms with Crippen molar-refractivity contribution in [3.05, 3.63) is 48.0 Å². The molecule has 3 aromatic rings. The zero-order valence-electron chi connectivity index (χ0n) is 15.5. The summed E-state index contributed by atoms with van der Waals surface area (Å²) in [6.45, 7) is 4.48. The zero-order chi connectivity index (χ0) is 20.1. The minimum absolute atomic E-state index is 0.134. The Bertz CT molecular complexity index is 1000. The molecule has 6 nitrogen and oxygen atoms in total. The Morgan fingerprint density at radius 1 is 1.25 bits per heavy atom. The van der Waals surface area contributed by atoms with Gasteiger partial charge in [0.05, 0.1) is 27.6 Å². The number of fused-ring (bicyclic) bond motifs is 1. The number of aromatic nitrogens is 1. The van der Waals surface area contributed by atoms with Crippen LogP contribution in [0.2, 0.25) is 0 Å². The van der Waals surface area contributed by atoms with E-state index in [1.807, 2.05) is 32.0 Å². The second kappa shape index (κ2) is 9.07. The largest absolute Gasteiger partial charge is 0.494 e. The summed E-state index contributed by atoms with van der Waals surface area (Å²) in [5.74, 6) is -0.402. The number of carboxylic acid groups (broad SMARTS) is 1. The molecule has 0 spiro atoms. The molecule has 0 aliphatic carbocycles. The molecule has 146 valence electrons.